The Labute approximate surface area is 121 Å². The Bertz CT molecular complexity index is 505. The minimum atomic E-state index is -4.03. The number of hydrogen-bond acceptors (Lipinski definition) is 3. The maximum absolute atomic E-state index is 11.8. The molecule has 0 aliphatic heterocycles. The van der Waals surface area contributed by atoms with Crippen LogP contribution in [0.5, 0.6) is 0 Å². The average Bonchev–Trinajstić information content (AvgIpc) is 2.66. The van der Waals surface area contributed by atoms with Gasteiger partial charge in [-0.05, 0) is 18.4 Å². The molecule has 2 rings (SSSR count). The molecule has 0 radical (unpaired) electrons. The van der Waals surface area contributed by atoms with E-state index in [4.69, 9.17) is 0 Å². The molecule has 1 aromatic rings. The Balaban J connectivity index is 2.01. The van der Waals surface area contributed by atoms with Crippen molar-refractivity contribution in [1.82, 2.24) is 5.32 Å². The fourth-order valence-corrected chi connectivity index (χ4v) is 4.02. The van der Waals surface area contributed by atoms with Crippen molar-refractivity contribution in [2.24, 2.45) is 0 Å². The van der Waals surface area contributed by atoms with Crippen LogP contribution in [0.3, 0.4) is 0 Å². The van der Waals surface area contributed by atoms with Crippen LogP contribution in [0.2, 0.25) is 0 Å². The SMILES string of the molecule is O=S(=O)(O)C1(CNCc2ccccc2)CCCCCC1. The number of rotatable bonds is 5. The van der Waals surface area contributed by atoms with Gasteiger partial charge < -0.3 is 5.32 Å². The Hall–Kier alpha value is -0.910. The van der Waals surface area contributed by atoms with E-state index in [0.717, 1.165) is 31.2 Å². The van der Waals surface area contributed by atoms with E-state index in [9.17, 15) is 13.0 Å². The molecular formula is C15H23NO3S. The minimum absolute atomic E-state index is 0.320. The zero-order valence-electron chi connectivity index (χ0n) is 11.7. The predicted octanol–water partition coefficient (Wildman–Crippen LogP) is 2.76. The van der Waals surface area contributed by atoms with Crippen LogP contribution in [0.25, 0.3) is 0 Å². The van der Waals surface area contributed by atoms with Crippen LogP contribution >= 0.6 is 0 Å². The lowest BCUT2D eigenvalue weighted by Crippen LogP contribution is -2.46. The first-order valence-corrected chi connectivity index (χ1v) is 8.69. The van der Waals surface area contributed by atoms with Gasteiger partial charge in [-0.3, -0.25) is 4.55 Å². The highest BCUT2D eigenvalue weighted by atomic mass is 32.2. The average molecular weight is 297 g/mol. The molecule has 0 aromatic heterocycles. The van der Waals surface area contributed by atoms with Crippen molar-refractivity contribution in [2.75, 3.05) is 6.54 Å². The first-order valence-electron chi connectivity index (χ1n) is 7.25. The van der Waals surface area contributed by atoms with E-state index in [1.807, 2.05) is 30.3 Å². The van der Waals surface area contributed by atoms with Gasteiger partial charge in [-0.2, -0.15) is 8.42 Å². The molecule has 0 atom stereocenters. The van der Waals surface area contributed by atoms with Gasteiger partial charge in [-0.1, -0.05) is 56.0 Å². The fourth-order valence-electron chi connectivity index (χ4n) is 2.93. The molecule has 0 amide bonds. The summed E-state index contributed by atoms with van der Waals surface area (Å²) in [5.74, 6) is 0. The number of benzene rings is 1. The van der Waals surface area contributed by atoms with Crippen LogP contribution in [-0.2, 0) is 16.7 Å². The summed E-state index contributed by atoms with van der Waals surface area (Å²) in [4.78, 5) is 0. The Morgan fingerprint density at radius 1 is 1.05 bits per heavy atom. The van der Waals surface area contributed by atoms with Gasteiger partial charge in [-0.15, -0.1) is 0 Å². The zero-order chi connectivity index (χ0) is 14.5. The van der Waals surface area contributed by atoms with Crippen LogP contribution in [0.15, 0.2) is 30.3 Å². The van der Waals surface area contributed by atoms with Gasteiger partial charge >= 0.3 is 0 Å². The molecule has 0 bridgehead atoms. The summed E-state index contributed by atoms with van der Waals surface area (Å²) in [5.41, 5.74) is 1.12. The van der Waals surface area contributed by atoms with Gasteiger partial charge in [0, 0.05) is 13.1 Å². The lowest BCUT2D eigenvalue weighted by atomic mass is 9.99. The molecule has 5 heteroatoms. The van der Waals surface area contributed by atoms with E-state index >= 15 is 0 Å². The van der Waals surface area contributed by atoms with Gasteiger partial charge in [0.15, 0.2) is 0 Å². The molecule has 1 fully saturated rings. The molecular weight excluding hydrogens is 274 g/mol. The van der Waals surface area contributed by atoms with Crippen molar-refractivity contribution in [2.45, 2.75) is 49.8 Å². The molecule has 0 unspecified atom stereocenters. The molecule has 1 aromatic carbocycles. The highest BCUT2D eigenvalue weighted by molar-refractivity contribution is 7.87. The topological polar surface area (TPSA) is 66.4 Å². The van der Waals surface area contributed by atoms with Gasteiger partial charge in [0.2, 0.25) is 0 Å². The van der Waals surface area contributed by atoms with Crippen LogP contribution in [-0.4, -0.2) is 24.3 Å². The van der Waals surface area contributed by atoms with E-state index in [1.165, 1.54) is 0 Å². The molecule has 1 aliphatic carbocycles. The summed E-state index contributed by atoms with van der Waals surface area (Å²) in [5, 5.41) is 3.21. The molecule has 0 spiro atoms. The molecule has 0 saturated heterocycles. The second kappa shape index (κ2) is 6.70. The van der Waals surface area contributed by atoms with Crippen molar-refractivity contribution in [3.8, 4) is 0 Å². The quantitative estimate of drug-likeness (QED) is 0.648. The summed E-state index contributed by atoms with van der Waals surface area (Å²) in [6.07, 6.45) is 4.94. The van der Waals surface area contributed by atoms with Crippen LogP contribution in [0.4, 0.5) is 0 Å². The van der Waals surface area contributed by atoms with Crippen LogP contribution < -0.4 is 5.32 Å². The molecule has 4 nitrogen and oxygen atoms in total. The van der Waals surface area contributed by atoms with Crippen molar-refractivity contribution < 1.29 is 13.0 Å². The van der Waals surface area contributed by atoms with Crippen molar-refractivity contribution >= 4 is 10.1 Å². The maximum atomic E-state index is 11.8. The van der Waals surface area contributed by atoms with Crippen molar-refractivity contribution in [3.05, 3.63) is 35.9 Å². The highest BCUT2D eigenvalue weighted by Gasteiger charge is 2.42. The first-order chi connectivity index (χ1) is 9.54. The molecule has 0 heterocycles. The van der Waals surface area contributed by atoms with Crippen LogP contribution in [0.1, 0.15) is 44.1 Å². The summed E-state index contributed by atoms with van der Waals surface area (Å²) >= 11 is 0. The fraction of sp³-hybridized carbons (Fsp3) is 0.600. The lowest BCUT2D eigenvalue weighted by Gasteiger charge is -2.29. The second-order valence-corrected chi connectivity index (χ2v) is 7.48. The summed E-state index contributed by atoms with van der Waals surface area (Å²) in [6.45, 7) is 0.943. The van der Waals surface area contributed by atoms with E-state index in [1.54, 1.807) is 0 Å². The predicted molar refractivity (Wildman–Crippen MR) is 80.1 cm³/mol. The van der Waals surface area contributed by atoms with Gasteiger partial charge in [0.05, 0.1) is 0 Å². The maximum Gasteiger partial charge on any atom is 0.271 e. The monoisotopic (exact) mass is 297 g/mol. The second-order valence-electron chi connectivity index (χ2n) is 5.66. The Morgan fingerprint density at radius 2 is 1.65 bits per heavy atom. The van der Waals surface area contributed by atoms with E-state index < -0.39 is 14.9 Å². The third-order valence-corrected chi connectivity index (χ3v) is 5.83. The number of nitrogens with one attached hydrogen (secondary N) is 1. The summed E-state index contributed by atoms with van der Waals surface area (Å²) in [7, 11) is -4.03. The molecule has 1 saturated carbocycles. The highest BCUT2D eigenvalue weighted by Crippen LogP contribution is 2.33. The molecule has 112 valence electrons. The lowest BCUT2D eigenvalue weighted by molar-refractivity contribution is 0.378. The smallest absolute Gasteiger partial charge is 0.271 e. The van der Waals surface area contributed by atoms with Crippen molar-refractivity contribution in [3.63, 3.8) is 0 Å². The number of hydrogen-bond donors (Lipinski definition) is 2. The van der Waals surface area contributed by atoms with Gasteiger partial charge in [0.25, 0.3) is 10.1 Å². The third-order valence-electron chi connectivity index (χ3n) is 4.18. The first kappa shape index (κ1) is 15.5. The molecule has 2 N–H and O–H groups in total. The largest absolute Gasteiger partial charge is 0.311 e. The molecule has 20 heavy (non-hydrogen) atoms. The van der Waals surface area contributed by atoms with Gasteiger partial charge in [0.1, 0.15) is 4.75 Å². The minimum Gasteiger partial charge on any atom is -0.311 e. The van der Waals surface area contributed by atoms with Crippen LogP contribution in [0, 0.1) is 0 Å². The third kappa shape index (κ3) is 3.81. The van der Waals surface area contributed by atoms with E-state index in [0.29, 0.717) is 25.9 Å². The Kier molecular flexibility index (Phi) is 5.18. The Morgan fingerprint density at radius 3 is 2.20 bits per heavy atom. The van der Waals surface area contributed by atoms with E-state index in [-0.39, 0.29) is 0 Å². The summed E-state index contributed by atoms with van der Waals surface area (Å²) < 4.78 is 32.3. The zero-order valence-corrected chi connectivity index (χ0v) is 12.5. The molecule has 1 aliphatic rings. The van der Waals surface area contributed by atoms with E-state index in [2.05, 4.69) is 5.32 Å². The van der Waals surface area contributed by atoms with Gasteiger partial charge in [-0.25, -0.2) is 0 Å². The normalized spacial score (nSPS) is 19.4. The van der Waals surface area contributed by atoms with Crippen molar-refractivity contribution in [1.29, 1.82) is 0 Å². The summed E-state index contributed by atoms with van der Waals surface area (Å²) in [6, 6.07) is 9.87. The standard InChI is InChI=1S/C15H23NO3S/c17-20(18,19)15(10-6-1-2-7-11-15)13-16-12-14-8-4-3-5-9-14/h3-5,8-9,16H,1-2,6-7,10-13H2,(H,17,18,19).